The van der Waals surface area contributed by atoms with Gasteiger partial charge >= 0.3 is 6.18 Å². The number of para-hydroxylation sites is 2. The van der Waals surface area contributed by atoms with Gasteiger partial charge < -0.3 is 9.64 Å². The van der Waals surface area contributed by atoms with E-state index in [2.05, 4.69) is 15.0 Å². The van der Waals surface area contributed by atoms with Crippen LogP contribution in [0.15, 0.2) is 42.6 Å². The summed E-state index contributed by atoms with van der Waals surface area (Å²) >= 11 is 0. The Labute approximate surface area is 147 Å². The predicted molar refractivity (Wildman–Crippen MR) is 90.1 cm³/mol. The van der Waals surface area contributed by atoms with Crippen molar-refractivity contribution in [1.82, 2.24) is 15.0 Å². The van der Waals surface area contributed by atoms with Crippen LogP contribution in [0, 0.1) is 6.92 Å². The second-order valence-corrected chi connectivity index (χ2v) is 6.14. The Morgan fingerprint density at radius 2 is 1.77 bits per heavy atom. The molecule has 0 amide bonds. The average Bonchev–Trinajstić information content (AvgIpc) is 2.57. The van der Waals surface area contributed by atoms with Crippen LogP contribution in [0.3, 0.4) is 0 Å². The number of pyridine rings is 1. The number of fused-ring (bicyclic) bond motifs is 1. The lowest BCUT2D eigenvalue weighted by molar-refractivity contribution is -0.141. The van der Waals surface area contributed by atoms with Crippen LogP contribution in [0.4, 0.5) is 19.0 Å². The van der Waals surface area contributed by atoms with E-state index in [1.165, 1.54) is 6.07 Å². The number of aromatic nitrogens is 3. The third kappa shape index (κ3) is 3.14. The van der Waals surface area contributed by atoms with Crippen molar-refractivity contribution in [3.8, 4) is 5.75 Å². The standard InChI is InChI=1S/C18H15F3N4O/c1-11-17(24-15-5-3-2-4-14(15)23-11)25-9-13(10-25)26-12-6-7-22-16(8-12)18(19,20)21/h2-8,13H,9-10H2,1H3. The van der Waals surface area contributed by atoms with Gasteiger partial charge in [0.2, 0.25) is 0 Å². The molecule has 8 heteroatoms. The molecule has 3 aromatic rings. The van der Waals surface area contributed by atoms with E-state index in [0.29, 0.717) is 13.1 Å². The topological polar surface area (TPSA) is 51.1 Å². The molecule has 1 aromatic carbocycles. The van der Waals surface area contributed by atoms with E-state index in [4.69, 9.17) is 4.74 Å². The molecule has 1 aliphatic heterocycles. The molecule has 4 rings (SSSR count). The molecule has 5 nitrogen and oxygen atoms in total. The highest BCUT2D eigenvalue weighted by molar-refractivity contribution is 5.76. The van der Waals surface area contributed by atoms with Crippen LogP contribution in [-0.4, -0.2) is 34.1 Å². The Morgan fingerprint density at radius 1 is 1.08 bits per heavy atom. The summed E-state index contributed by atoms with van der Waals surface area (Å²) in [6.45, 7) is 2.97. The van der Waals surface area contributed by atoms with Crippen molar-refractivity contribution >= 4 is 16.9 Å². The smallest absolute Gasteiger partial charge is 0.433 e. The molecule has 0 aliphatic carbocycles. The van der Waals surface area contributed by atoms with Crippen molar-refractivity contribution in [3.63, 3.8) is 0 Å². The molecule has 0 radical (unpaired) electrons. The van der Waals surface area contributed by atoms with Crippen molar-refractivity contribution in [3.05, 3.63) is 54.0 Å². The Balaban J connectivity index is 1.45. The lowest BCUT2D eigenvalue weighted by Crippen LogP contribution is -2.54. The molecular formula is C18H15F3N4O. The van der Waals surface area contributed by atoms with Crippen LogP contribution < -0.4 is 9.64 Å². The van der Waals surface area contributed by atoms with Gasteiger partial charge in [-0.25, -0.2) is 9.97 Å². The van der Waals surface area contributed by atoms with Crippen LogP contribution in [0.5, 0.6) is 5.75 Å². The minimum Gasteiger partial charge on any atom is -0.487 e. The zero-order chi connectivity index (χ0) is 18.3. The van der Waals surface area contributed by atoms with E-state index in [1.54, 1.807) is 0 Å². The van der Waals surface area contributed by atoms with Crippen molar-refractivity contribution in [1.29, 1.82) is 0 Å². The van der Waals surface area contributed by atoms with Crippen LogP contribution in [0.2, 0.25) is 0 Å². The second-order valence-electron chi connectivity index (χ2n) is 6.14. The first-order chi connectivity index (χ1) is 12.4. The van der Waals surface area contributed by atoms with Crippen LogP contribution in [0.1, 0.15) is 11.4 Å². The van der Waals surface area contributed by atoms with Gasteiger partial charge in [0.15, 0.2) is 5.82 Å². The normalized spacial score (nSPS) is 15.2. The maximum Gasteiger partial charge on any atom is 0.433 e. The van der Waals surface area contributed by atoms with Gasteiger partial charge in [0.25, 0.3) is 0 Å². The molecule has 134 valence electrons. The summed E-state index contributed by atoms with van der Waals surface area (Å²) in [7, 11) is 0. The summed E-state index contributed by atoms with van der Waals surface area (Å²) in [5.41, 5.74) is 1.49. The summed E-state index contributed by atoms with van der Waals surface area (Å²) in [5, 5.41) is 0. The van der Waals surface area contributed by atoms with Crippen LogP contribution in [0.25, 0.3) is 11.0 Å². The Hall–Kier alpha value is -2.90. The third-order valence-electron chi connectivity index (χ3n) is 4.19. The van der Waals surface area contributed by atoms with Crippen molar-refractivity contribution < 1.29 is 17.9 Å². The number of ether oxygens (including phenoxy) is 1. The van der Waals surface area contributed by atoms with Gasteiger partial charge in [0.1, 0.15) is 17.5 Å². The summed E-state index contributed by atoms with van der Waals surface area (Å²) < 4.78 is 43.8. The SMILES string of the molecule is Cc1nc2ccccc2nc1N1CC(Oc2ccnc(C(F)(F)F)c2)C1. The molecule has 1 fully saturated rings. The van der Waals surface area contributed by atoms with Gasteiger partial charge in [-0.1, -0.05) is 12.1 Å². The Morgan fingerprint density at radius 3 is 2.46 bits per heavy atom. The Kier molecular flexibility index (Phi) is 3.90. The first-order valence-corrected chi connectivity index (χ1v) is 8.08. The number of halogens is 3. The quantitative estimate of drug-likeness (QED) is 0.714. The number of rotatable bonds is 3. The number of alkyl halides is 3. The Bertz CT molecular complexity index is 955. The van der Waals surface area contributed by atoms with E-state index in [0.717, 1.165) is 34.8 Å². The number of hydrogen-bond acceptors (Lipinski definition) is 5. The molecule has 1 aliphatic rings. The van der Waals surface area contributed by atoms with Gasteiger partial charge in [-0.15, -0.1) is 0 Å². The average molecular weight is 360 g/mol. The maximum atomic E-state index is 12.7. The summed E-state index contributed by atoms with van der Waals surface area (Å²) in [6.07, 6.45) is -3.58. The highest BCUT2D eigenvalue weighted by Crippen LogP contribution is 2.31. The molecule has 0 bridgehead atoms. The molecule has 0 atom stereocenters. The van der Waals surface area contributed by atoms with Gasteiger partial charge in [0.05, 0.1) is 29.8 Å². The van der Waals surface area contributed by atoms with Gasteiger partial charge in [-0.3, -0.25) is 4.98 Å². The summed E-state index contributed by atoms with van der Waals surface area (Å²) in [6, 6.07) is 9.97. The predicted octanol–water partition coefficient (Wildman–Crippen LogP) is 3.62. The highest BCUT2D eigenvalue weighted by atomic mass is 19.4. The largest absolute Gasteiger partial charge is 0.487 e. The van der Waals surface area contributed by atoms with Gasteiger partial charge in [-0.05, 0) is 25.1 Å². The van der Waals surface area contributed by atoms with Gasteiger partial charge in [0, 0.05) is 12.3 Å². The van der Waals surface area contributed by atoms with Crippen molar-refractivity contribution in [2.45, 2.75) is 19.2 Å². The number of benzene rings is 1. The van der Waals surface area contributed by atoms with E-state index < -0.39 is 11.9 Å². The maximum absolute atomic E-state index is 12.7. The highest BCUT2D eigenvalue weighted by Gasteiger charge is 2.34. The second kappa shape index (κ2) is 6.12. The fourth-order valence-electron chi connectivity index (χ4n) is 2.90. The lowest BCUT2D eigenvalue weighted by atomic mass is 10.1. The molecule has 3 heterocycles. The van der Waals surface area contributed by atoms with Crippen LogP contribution >= 0.6 is 0 Å². The molecule has 1 saturated heterocycles. The van der Waals surface area contributed by atoms with E-state index in [9.17, 15) is 13.2 Å². The first kappa shape index (κ1) is 16.6. The lowest BCUT2D eigenvalue weighted by Gasteiger charge is -2.40. The molecule has 2 aromatic heterocycles. The monoisotopic (exact) mass is 360 g/mol. The number of anilines is 1. The molecule has 0 saturated carbocycles. The zero-order valence-electron chi connectivity index (χ0n) is 13.9. The molecule has 0 spiro atoms. The number of aryl methyl sites for hydroxylation is 1. The molecule has 0 N–H and O–H groups in total. The van der Waals surface area contributed by atoms with Crippen molar-refractivity contribution in [2.75, 3.05) is 18.0 Å². The van der Waals surface area contributed by atoms with E-state index in [1.807, 2.05) is 36.1 Å². The summed E-state index contributed by atoms with van der Waals surface area (Å²) in [4.78, 5) is 14.5. The minimum atomic E-state index is -4.48. The fraction of sp³-hybridized carbons (Fsp3) is 0.278. The first-order valence-electron chi connectivity index (χ1n) is 8.08. The van der Waals surface area contributed by atoms with Gasteiger partial charge in [-0.2, -0.15) is 13.2 Å². The molecule has 0 unspecified atom stereocenters. The summed E-state index contributed by atoms with van der Waals surface area (Å²) in [5.74, 6) is 0.938. The minimum absolute atomic E-state index is 0.165. The fourth-order valence-corrected chi connectivity index (χ4v) is 2.90. The third-order valence-corrected chi connectivity index (χ3v) is 4.19. The van der Waals surface area contributed by atoms with Crippen molar-refractivity contribution in [2.24, 2.45) is 0 Å². The number of nitrogens with zero attached hydrogens (tertiary/aromatic N) is 4. The zero-order valence-corrected chi connectivity index (χ0v) is 13.9. The molecule has 26 heavy (non-hydrogen) atoms. The number of hydrogen-bond donors (Lipinski definition) is 0. The van der Waals surface area contributed by atoms with E-state index >= 15 is 0 Å². The van der Waals surface area contributed by atoms with E-state index in [-0.39, 0.29) is 11.9 Å². The van der Waals surface area contributed by atoms with Crippen LogP contribution in [-0.2, 0) is 6.18 Å². The molecular weight excluding hydrogens is 345 g/mol.